The van der Waals surface area contributed by atoms with Gasteiger partial charge in [-0.25, -0.2) is 8.78 Å². The number of alkyl halides is 2. The zero-order chi connectivity index (χ0) is 50.7. The number of thioether (sulfide) groups is 4. The Morgan fingerprint density at radius 1 is 0.600 bits per heavy atom. The lowest BCUT2D eigenvalue weighted by molar-refractivity contribution is -0.385. The number of benzene rings is 2. The number of carbonyl (C=O) groups excluding carboxylic acids is 2. The van der Waals surface area contributed by atoms with Gasteiger partial charge in [-0.3, -0.25) is 29.8 Å². The molecule has 3 saturated heterocycles. The van der Waals surface area contributed by atoms with E-state index in [-0.39, 0.29) is 81.3 Å². The van der Waals surface area contributed by atoms with Crippen molar-refractivity contribution in [3.05, 3.63) is 55.6 Å². The van der Waals surface area contributed by atoms with Gasteiger partial charge in [0.05, 0.1) is 83.7 Å². The van der Waals surface area contributed by atoms with E-state index in [2.05, 4.69) is 9.80 Å². The maximum absolute atomic E-state index is 14.8. The highest BCUT2D eigenvalue weighted by molar-refractivity contribution is 8.17. The molecule has 0 N–H and O–H groups in total. The van der Waals surface area contributed by atoms with E-state index < -0.39 is 45.4 Å². The molecule has 2 aromatic rings. The van der Waals surface area contributed by atoms with Gasteiger partial charge < -0.3 is 38.5 Å². The summed E-state index contributed by atoms with van der Waals surface area (Å²) in [5, 5.41) is 24.5. The van der Waals surface area contributed by atoms with Crippen LogP contribution in [0.4, 0.5) is 20.2 Å². The SMILES string of the molecule is CCSC(SCC)[C@@H]1CC(F)CN1C(=O)c1cc(OC)c(OCCCCCN2CCN(CCCCCOc3cc([N+](=O)[O-])c(C(=O)N4CC(F)C[C@H]4C(SCC)SCC)cc3OC)CC2)cc1[N+](=O)[O-]. The zero-order valence-electron chi connectivity index (χ0n) is 41.5. The van der Waals surface area contributed by atoms with Crippen molar-refractivity contribution >= 4 is 70.2 Å². The van der Waals surface area contributed by atoms with Gasteiger partial charge in [-0.1, -0.05) is 27.7 Å². The smallest absolute Gasteiger partial charge is 0.286 e. The molecule has 70 heavy (non-hydrogen) atoms. The van der Waals surface area contributed by atoms with Gasteiger partial charge in [0.15, 0.2) is 23.0 Å². The molecule has 3 aliphatic heterocycles. The predicted molar refractivity (Wildman–Crippen MR) is 280 cm³/mol. The third kappa shape index (κ3) is 15.8. The third-order valence-electron chi connectivity index (χ3n) is 12.7. The number of piperazine rings is 1. The molecular formula is C48H72F2N6O10S4. The Hall–Kier alpha value is -3.44. The summed E-state index contributed by atoms with van der Waals surface area (Å²) in [4.78, 5) is 58.8. The average molecular weight is 1060 g/mol. The molecule has 22 heteroatoms. The number of hydrogen-bond acceptors (Lipinski definition) is 16. The fourth-order valence-electron chi connectivity index (χ4n) is 9.23. The first-order valence-electron chi connectivity index (χ1n) is 24.6. The minimum Gasteiger partial charge on any atom is -0.493 e. The van der Waals surface area contributed by atoms with Crippen LogP contribution in [0.3, 0.4) is 0 Å². The molecule has 0 aromatic heterocycles. The second-order valence-corrected chi connectivity index (χ2v) is 23.6. The molecule has 3 fully saturated rings. The van der Waals surface area contributed by atoms with Gasteiger partial charge in [0, 0.05) is 51.2 Å². The molecule has 0 saturated carbocycles. The molecule has 16 nitrogen and oxygen atoms in total. The highest BCUT2D eigenvalue weighted by Gasteiger charge is 2.44. The van der Waals surface area contributed by atoms with Crippen molar-refractivity contribution < 1.29 is 47.2 Å². The number of nitro benzene ring substituents is 2. The number of nitro groups is 2. The van der Waals surface area contributed by atoms with E-state index in [1.807, 2.05) is 27.7 Å². The van der Waals surface area contributed by atoms with E-state index in [1.54, 1.807) is 47.0 Å². The Morgan fingerprint density at radius 3 is 1.27 bits per heavy atom. The number of hydrogen-bond donors (Lipinski definition) is 0. The fraction of sp³-hybridized carbons (Fsp3) is 0.708. The van der Waals surface area contributed by atoms with Gasteiger partial charge in [-0.2, -0.15) is 0 Å². The second-order valence-electron chi connectivity index (χ2n) is 17.3. The molecule has 3 heterocycles. The van der Waals surface area contributed by atoms with E-state index in [1.165, 1.54) is 48.3 Å². The molecule has 0 radical (unpaired) electrons. The number of halogens is 2. The highest BCUT2D eigenvalue weighted by Crippen LogP contribution is 2.42. The van der Waals surface area contributed by atoms with Crippen molar-refractivity contribution in [1.82, 2.24) is 19.6 Å². The Morgan fingerprint density at radius 2 is 0.957 bits per heavy atom. The maximum Gasteiger partial charge on any atom is 0.286 e. The van der Waals surface area contributed by atoms with Crippen molar-refractivity contribution in [3.8, 4) is 23.0 Å². The molecule has 2 unspecified atom stereocenters. The van der Waals surface area contributed by atoms with Crippen LogP contribution in [0.1, 0.15) is 99.8 Å². The largest absolute Gasteiger partial charge is 0.493 e. The van der Waals surface area contributed by atoms with Crippen LogP contribution in [-0.4, -0.2) is 178 Å². The summed E-state index contributed by atoms with van der Waals surface area (Å²) < 4.78 is 52.5. The molecule has 2 amide bonds. The lowest BCUT2D eigenvalue weighted by Crippen LogP contribution is -2.46. The van der Waals surface area contributed by atoms with E-state index in [4.69, 9.17) is 18.9 Å². The lowest BCUT2D eigenvalue weighted by atomic mass is 10.1. The third-order valence-corrected chi connectivity index (χ3v) is 18.2. The first kappa shape index (κ1) is 57.5. The molecule has 0 bridgehead atoms. The number of methoxy groups -OCH3 is 2. The zero-order valence-corrected chi connectivity index (χ0v) is 44.8. The Kier molecular flexibility index (Phi) is 24.1. The quantitative estimate of drug-likeness (QED) is 0.0313. The van der Waals surface area contributed by atoms with Gasteiger partial charge >= 0.3 is 0 Å². The van der Waals surface area contributed by atoms with Crippen molar-refractivity contribution in [2.24, 2.45) is 0 Å². The van der Waals surface area contributed by atoms with Crippen LogP contribution >= 0.6 is 47.0 Å². The highest BCUT2D eigenvalue weighted by atomic mass is 32.2. The topological polar surface area (TPSA) is 170 Å². The number of ether oxygens (including phenoxy) is 4. The first-order valence-corrected chi connectivity index (χ1v) is 28.8. The normalized spacial score (nSPS) is 19.9. The number of carbonyl (C=O) groups is 2. The minimum atomic E-state index is -1.20. The molecule has 4 atom stereocenters. The van der Waals surface area contributed by atoms with E-state index >= 15 is 0 Å². The fourth-order valence-corrected chi connectivity index (χ4v) is 14.9. The monoisotopic (exact) mass is 1060 g/mol. The summed E-state index contributed by atoms with van der Waals surface area (Å²) in [7, 11) is 2.85. The number of likely N-dealkylation sites (tertiary alicyclic amines) is 2. The van der Waals surface area contributed by atoms with Crippen LogP contribution in [-0.2, 0) is 0 Å². The van der Waals surface area contributed by atoms with Gasteiger partial charge in [-0.05, 0) is 74.6 Å². The number of rotatable bonds is 30. The molecule has 3 aliphatic rings. The standard InChI is InChI=1S/C48H72F2N6O10S4/c1-7-67-47(68-8-2)39-25-33(49)31-53(39)45(57)35-27-41(63-5)43(29-37(35)55(59)60)65-23-15-11-13-17-51-19-21-52(22-20-51)18-14-12-16-24-66-44-30-38(56(61)62)36(28-42(44)64-6)46(58)54-32-34(50)26-40(54)48(69-9-3)70-10-4/h27-30,33-34,39-40,47-48H,7-26,31-32H2,1-6H3/t33?,34?,39-,40-/m0/s1. The molecular weight excluding hydrogens is 987 g/mol. The van der Waals surface area contributed by atoms with Gasteiger partial charge in [0.25, 0.3) is 23.2 Å². The molecule has 392 valence electrons. The molecule has 0 aliphatic carbocycles. The van der Waals surface area contributed by atoms with Crippen LogP contribution in [0, 0.1) is 20.2 Å². The maximum atomic E-state index is 14.8. The average Bonchev–Trinajstić information content (AvgIpc) is 3.94. The molecule has 5 rings (SSSR count). The van der Waals surface area contributed by atoms with E-state index in [0.717, 1.165) is 101 Å². The van der Waals surface area contributed by atoms with Crippen LogP contribution in [0.5, 0.6) is 23.0 Å². The van der Waals surface area contributed by atoms with Gasteiger partial charge in [0.2, 0.25) is 0 Å². The summed E-state index contributed by atoms with van der Waals surface area (Å²) in [6, 6.07) is 4.44. The summed E-state index contributed by atoms with van der Waals surface area (Å²) in [5.74, 6) is 2.88. The predicted octanol–water partition coefficient (Wildman–Crippen LogP) is 9.71. The van der Waals surface area contributed by atoms with E-state index in [0.29, 0.717) is 13.2 Å². The van der Waals surface area contributed by atoms with Crippen LogP contribution in [0.2, 0.25) is 0 Å². The Labute approximate surface area is 429 Å². The van der Waals surface area contributed by atoms with Crippen molar-refractivity contribution in [1.29, 1.82) is 0 Å². The van der Waals surface area contributed by atoms with E-state index in [9.17, 15) is 38.6 Å². The van der Waals surface area contributed by atoms with Crippen molar-refractivity contribution in [3.63, 3.8) is 0 Å². The summed E-state index contributed by atoms with van der Waals surface area (Å²) in [6.45, 7) is 14.3. The van der Waals surface area contributed by atoms with Crippen molar-refractivity contribution in [2.75, 3.05) is 103 Å². The summed E-state index contributed by atoms with van der Waals surface area (Å²) in [5.41, 5.74) is -1.06. The van der Waals surface area contributed by atoms with Crippen molar-refractivity contribution in [2.45, 2.75) is 113 Å². The number of amides is 2. The van der Waals surface area contributed by atoms with Gasteiger partial charge in [-0.15, -0.1) is 47.0 Å². The lowest BCUT2D eigenvalue weighted by Gasteiger charge is -2.34. The summed E-state index contributed by atoms with van der Waals surface area (Å²) in [6.07, 6.45) is 3.19. The molecule has 2 aromatic carbocycles. The van der Waals surface area contributed by atoms with Crippen LogP contribution in [0.25, 0.3) is 0 Å². The van der Waals surface area contributed by atoms with Crippen LogP contribution in [0.15, 0.2) is 24.3 Å². The number of nitrogens with zero attached hydrogens (tertiary/aromatic N) is 6. The number of unbranched alkanes of at least 4 members (excludes halogenated alkanes) is 4. The molecule has 0 spiro atoms. The Bertz CT molecular complexity index is 1880. The van der Waals surface area contributed by atoms with Gasteiger partial charge in [0.1, 0.15) is 23.5 Å². The second kappa shape index (κ2) is 29.3. The summed E-state index contributed by atoms with van der Waals surface area (Å²) >= 11 is 6.63. The van der Waals surface area contributed by atoms with Crippen LogP contribution < -0.4 is 18.9 Å². The minimum absolute atomic E-state index is 0.0378. The first-order chi connectivity index (χ1) is 33.8. The Balaban J connectivity index is 1.01.